The first-order valence-electron chi connectivity index (χ1n) is 3.72. The Morgan fingerprint density at radius 2 is 2.08 bits per heavy atom. The molecular weight excluding hydrogens is 161 g/mol. The Morgan fingerprint density at radius 1 is 1.58 bits per heavy atom. The van der Waals surface area contributed by atoms with E-state index in [4.69, 9.17) is 11.0 Å². The van der Waals surface area contributed by atoms with Crippen LogP contribution in [0, 0.1) is 11.3 Å². The number of alkyl halides is 1. The summed E-state index contributed by atoms with van der Waals surface area (Å²) in [7, 11) is 0. The molecule has 0 atom stereocenters. The van der Waals surface area contributed by atoms with Crippen molar-refractivity contribution in [2.24, 2.45) is 5.73 Å². The maximum Gasteiger partial charge on any atom is 0.314 e. The zero-order chi connectivity index (χ0) is 9.19. The van der Waals surface area contributed by atoms with Crippen molar-refractivity contribution < 1.29 is 9.18 Å². The van der Waals surface area contributed by atoms with Crippen LogP contribution >= 0.6 is 0 Å². The van der Waals surface area contributed by atoms with Crippen LogP contribution in [0.2, 0.25) is 0 Å². The van der Waals surface area contributed by atoms with Crippen molar-refractivity contribution in [1.29, 1.82) is 5.26 Å². The molecule has 1 rings (SSSR count). The predicted octanol–water partition coefficient (Wildman–Crippen LogP) is 0.393. The summed E-state index contributed by atoms with van der Waals surface area (Å²) >= 11 is 0. The van der Waals surface area contributed by atoms with Crippen molar-refractivity contribution in [1.82, 2.24) is 4.90 Å². The smallest absolute Gasteiger partial charge is 0.314 e. The molecule has 4 nitrogen and oxygen atoms in total. The van der Waals surface area contributed by atoms with E-state index in [0.717, 1.165) is 0 Å². The van der Waals surface area contributed by atoms with E-state index in [9.17, 15) is 9.18 Å². The van der Waals surface area contributed by atoms with Gasteiger partial charge < -0.3 is 10.6 Å². The second-order valence-electron chi connectivity index (χ2n) is 2.90. The third-order valence-corrected chi connectivity index (χ3v) is 2.07. The minimum atomic E-state index is -1.76. The van der Waals surface area contributed by atoms with Crippen molar-refractivity contribution >= 4 is 6.03 Å². The van der Waals surface area contributed by atoms with Crippen LogP contribution in [0.5, 0.6) is 0 Å². The van der Waals surface area contributed by atoms with E-state index in [-0.39, 0.29) is 25.9 Å². The number of nitrogens with zero attached hydrogens (tertiary/aromatic N) is 2. The van der Waals surface area contributed by atoms with Gasteiger partial charge in [0, 0.05) is 25.9 Å². The van der Waals surface area contributed by atoms with Gasteiger partial charge in [-0.15, -0.1) is 0 Å². The number of piperidine rings is 1. The molecule has 0 saturated carbocycles. The summed E-state index contributed by atoms with van der Waals surface area (Å²) in [6.45, 7) is 0.471. The van der Waals surface area contributed by atoms with Gasteiger partial charge in [0.05, 0.1) is 0 Å². The van der Waals surface area contributed by atoms with E-state index in [2.05, 4.69) is 0 Å². The highest BCUT2D eigenvalue weighted by Crippen LogP contribution is 2.25. The van der Waals surface area contributed by atoms with Crippen molar-refractivity contribution in [3.63, 3.8) is 0 Å². The lowest BCUT2D eigenvalue weighted by Crippen LogP contribution is -2.46. The first-order chi connectivity index (χ1) is 5.57. The molecule has 2 N–H and O–H groups in total. The molecule has 1 fully saturated rings. The molecule has 0 aromatic carbocycles. The maximum absolute atomic E-state index is 13.2. The lowest BCUT2D eigenvalue weighted by molar-refractivity contribution is 0.118. The summed E-state index contributed by atoms with van der Waals surface area (Å²) in [5.74, 6) is 0. The second kappa shape index (κ2) is 2.97. The van der Waals surface area contributed by atoms with Gasteiger partial charge in [0.15, 0.2) is 5.67 Å². The molecule has 0 unspecified atom stereocenters. The highest BCUT2D eigenvalue weighted by Gasteiger charge is 2.35. The third kappa shape index (κ3) is 1.64. The fourth-order valence-electron chi connectivity index (χ4n) is 1.19. The summed E-state index contributed by atoms with van der Waals surface area (Å²) in [6, 6.07) is 1.05. The molecule has 1 heterocycles. The van der Waals surface area contributed by atoms with E-state index >= 15 is 0 Å². The van der Waals surface area contributed by atoms with Gasteiger partial charge in [0.25, 0.3) is 0 Å². The first kappa shape index (κ1) is 8.78. The Bertz CT molecular complexity index is 227. The number of carbonyl (C=O) groups excluding carboxylic acids is 1. The molecule has 66 valence electrons. The highest BCUT2D eigenvalue weighted by atomic mass is 19.1. The van der Waals surface area contributed by atoms with Crippen LogP contribution in [0.15, 0.2) is 0 Å². The molecule has 0 radical (unpaired) electrons. The molecular formula is C7H10FN3O. The molecule has 1 aliphatic heterocycles. The van der Waals surface area contributed by atoms with Gasteiger partial charge in [-0.25, -0.2) is 9.18 Å². The summed E-state index contributed by atoms with van der Waals surface area (Å²) in [6.07, 6.45) is 0.124. The SMILES string of the molecule is N#CC1(F)CCN(C(N)=O)CC1. The predicted molar refractivity (Wildman–Crippen MR) is 39.8 cm³/mol. The van der Waals surface area contributed by atoms with E-state index in [1.165, 1.54) is 4.90 Å². The molecule has 1 saturated heterocycles. The fraction of sp³-hybridized carbons (Fsp3) is 0.714. The lowest BCUT2D eigenvalue weighted by Gasteiger charge is -2.30. The number of likely N-dealkylation sites (tertiary alicyclic amines) is 1. The number of amides is 2. The van der Waals surface area contributed by atoms with Crippen LogP contribution in [0.25, 0.3) is 0 Å². The first-order valence-corrected chi connectivity index (χ1v) is 3.72. The van der Waals surface area contributed by atoms with Crippen molar-refractivity contribution in [2.75, 3.05) is 13.1 Å². The Labute approximate surface area is 69.7 Å². The lowest BCUT2D eigenvalue weighted by atomic mass is 9.95. The Hall–Kier alpha value is -1.31. The molecule has 0 aromatic rings. The number of urea groups is 1. The van der Waals surface area contributed by atoms with Crippen molar-refractivity contribution in [3.8, 4) is 6.07 Å². The van der Waals surface area contributed by atoms with E-state index in [0.29, 0.717) is 0 Å². The van der Waals surface area contributed by atoms with Gasteiger partial charge in [-0.1, -0.05) is 0 Å². The largest absolute Gasteiger partial charge is 0.351 e. The summed E-state index contributed by atoms with van der Waals surface area (Å²) in [5.41, 5.74) is 3.22. The highest BCUT2D eigenvalue weighted by molar-refractivity contribution is 5.72. The molecule has 0 aliphatic carbocycles. The zero-order valence-corrected chi connectivity index (χ0v) is 6.59. The van der Waals surface area contributed by atoms with Crippen LogP contribution in [0.1, 0.15) is 12.8 Å². The number of nitrogens with two attached hydrogens (primary N) is 1. The van der Waals surface area contributed by atoms with Crippen LogP contribution in [-0.4, -0.2) is 29.7 Å². The molecule has 1 aliphatic rings. The van der Waals surface area contributed by atoms with Crippen molar-refractivity contribution in [3.05, 3.63) is 0 Å². The molecule has 0 aromatic heterocycles. The van der Waals surface area contributed by atoms with Gasteiger partial charge >= 0.3 is 6.03 Å². The van der Waals surface area contributed by atoms with Crippen molar-refractivity contribution in [2.45, 2.75) is 18.5 Å². The van der Waals surface area contributed by atoms with E-state index < -0.39 is 11.7 Å². The quantitative estimate of drug-likeness (QED) is 0.572. The topological polar surface area (TPSA) is 70.1 Å². The van der Waals surface area contributed by atoms with Gasteiger partial charge in [0.1, 0.15) is 6.07 Å². The third-order valence-electron chi connectivity index (χ3n) is 2.07. The minimum Gasteiger partial charge on any atom is -0.351 e. The molecule has 0 spiro atoms. The van der Waals surface area contributed by atoms with Gasteiger partial charge in [0.2, 0.25) is 0 Å². The average Bonchev–Trinajstić information content (AvgIpc) is 2.05. The van der Waals surface area contributed by atoms with Crippen LogP contribution < -0.4 is 5.73 Å². The number of halogens is 1. The number of rotatable bonds is 0. The summed E-state index contributed by atoms with van der Waals surface area (Å²) in [5, 5.41) is 8.42. The Morgan fingerprint density at radius 3 is 2.42 bits per heavy atom. The Kier molecular flexibility index (Phi) is 2.18. The molecule has 0 bridgehead atoms. The normalized spacial score (nSPS) is 21.5. The van der Waals surface area contributed by atoms with Gasteiger partial charge in [-0.05, 0) is 0 Å². The van der Waals surface area contributed by atoms with E-state index in [1.807, 2.05) is 0 Å². The molecule has 12 heavy (non-hydrogen) atoms. The number of hydrogen-bond donors (Lipinski definition) is 1. The van der Waals surface area contributed by atoms with Crippen LogP contribution in [0.4, 0.5) is 9.18 Å². The average molecular weight is 171 g/mol. The number of nitriles is 1. The van der Waals surface area contributed by atoms with Gasteiger partial charge in [-0.2, -0.15) is 5.26 Å². The zero-order valence-electron chi connectivity index (χ0n) is 6.59. The number of carbonyl (C=O) groups is 1. The summed E-state index contributed by atoms with van der Waals surface area (Å²) in [4.78, 5) is 11.9. The van der Waals surface area contributed by atoms with Crippen LogP contribution in [0.3, 0.4) is 0 Å². The number of hydrogen-bond acceptors (Lipinski definition) is 2. The maximum atomic E-state index is 13.2. The minimum absolute atomic E-state index is 0.0619. The number of primary amides is 1. The monoisotopic (exact) mass is 171 g/mol. The summed E-state index contributed by atoms with van der Waals surface area (Å²) < 4.78 is 13.2. The van der Waals surface area contributed by atoms with E-state index in [1.54, 1.807) is 6.07 Å². The second-order valence-corrected chi connectivity index (χ2v) is 2.90. The standard InChI is InChI=1S/C7H10FN3O/c8-7(5-9)1-3-11(4-2-7)6(10)12/h1-4H2,(H2,10,12). The Balaban J connectivity index is 2.51. The molecule has 2 amide bonds. The van der Waals surface area contributed by atoms with Gasteiger partial charge in [-0.3, -0.25) is 0 Å². The fourth-order valence-corrected chi connectivity index (χ4v) is 1.19. The molecule has 5 heteroatoms. The van der Waals surface area contributed by atoms with Crippen LogP contribution in [-0.2, 0) is 0 Å².